The van der Waals surface area contributed by atoms with Crippen LogP contribution in [-0.2, 0) is 5.72 Å². The Kier molecular flexibility index (Phi) is 3.54. The standard InChI is InChI=1S/C15H18BrN3O3/c1-14(2,3)13(21)15(19-8-17-7-18-19)12(20)10-6-9(16)4-5-11(10)22-15/h4-8,12-13,20-21H,1-3H3/t12-,13-,15-/m0/s1. The quantitative estimate of drug-likeness (QED) is 0.850. The van der Waals surface area contributed by atoms with E-state index < -0.39 is 23.3 Å². The van der Waals surface area contributed by atoms with E-state index in [1.165, 1.54) is 17.3 Å². The van der Waals surface area contributed by atoms with Crippen molar-refractivity contribution in [1.82, 2.24) is 14.8 Å². The van der Waals surface area contributed by atoms with Gasteiger partial charge in [0.1, 0.15) is 30.6 Å². The Labute approximate surface area is 136 Å². The molecular formula is C15H18BrN3O3. The number of rotatable bonds is 2. The number of fused-ring (bicyclic) bond motifs is 1. The molecule has 1 aromatic heterocycles. The van der Waals surface area contributed by atoms with Crippen LogP contribution in [0.5, 0.6) is 5.75 Å². The highest BCUT2D eigenvalue weighted by Crippen LogP contribution is 2.51. The van der Waals surface area contributed by atoms with Gasteiger partial charge in [0, 0.05) is 10.0 Å². The van der Waals surface area contributed by atoms with Gasteiger partial charge in [0.15, 0.2) is 0 Å². The molecule has 0 radical (unpaired) electrons. The lowest BCUT2D eigenvalue weighted by Gasteiger charge is -2.41. The van der Waals surface area contributed by atoms with Gasteiger partial charge < -0.3 is 14.9 Å². The van der Waals surface area contributed by atoms with E-state index in [0.717, 1.165) is 4.47 Å². The molecule has 0 amide bonds. The minimum atomic E-state index is -1.45. The van der Waals surface area contributed by atoms with E-state index in [-0.39, 0.29) is 0 Å². The number of hydrogen-bond acceptors (Lipinski definition) is 5. The zero-order valence-electron chi connectivity index (χ0n) is 12.6. The largest absolute Gasteiger partial charge is 0.460 e. The third-order valence-electron chi connectivity index (χ3n) is 3.92. The number of hydrogen-bond donors (Lipinski definition) is 2. The summed E-state index contributed by atoms with van der Waals surface area (Å²) < 4.78 is 8.25. The van der Waals surface area contributed by atoms with Crippen LogP contribution in [0.15, 0.2) is 35.3 Å². The molecule has 6 nitrogen and oxygen atoms in total. The summed E-state index contributed by atoms with van der Waals surface area (Å²) in [5, 5.41) is 26.0. The molecule has 0 spiro atoms. The van der Waals surface area contributed by atoms with Crippen LogP contribution >= 0.6 is 15.9 Å². The van der Waals surface area contributed by atoms with Crippen LogP contribution < -0.4 is 4.74 Å². The predicted molar refractivity (Wildman–Crippen MR) is 83.2 cm³/mol. The molecule has 1 aromatic carbocycles. The minimum Gasteiger partial charge on any atom is -0.460 e. The number of nitrogens with zero attached hydrogens (tertiary/aromatic N) is 3. The van der Waals surface area contributed by atoms with Crippen molar-refractivity contribution in [3.8, 4) is 5.75 Å². The van der Waals surface area contributed by atoms with Crippen molar-refractivity contribution >= 4 is 15.9 Å². The summed E-state index contributed by atoms with van der Waals surface area (Å²) in [5.41, 5.74) is -1.38. The Bertz CT molecular complexity index is 684. The highest BCUT2D eigenvalue weighted by molar-refractivity contribution is 9.10. The second-order valence-electron chi connectivity index (χ2n) is 6.55. The van der Waals surface area contributed by atoms with E-state index in [0.29, 0.717) is 11.3 Å². The Morgan fingerprint density at radius 2 is 2.14 bits per heavy atom. The van der Waals surface area contributed by atoms with Gasteiger partial charge in [0.25, 0.3) is 5.72 Å². The molecule has 2 aromatic rings. The van der Waals surface area contributed by atoms with Gasteiger partial charge in [0.2, 0.25) is 0 Å². The van der Waals surface area contributed by atoms with Crippen LogP contribution in [0.4, 0.5) is 0 Å². The van der Waals surface area contributed by atoms with Gasteiger partial charge in [-0.2, -0.15) is 5.10 Å². The fourth-order valence-corrected chi connectivity index (χ4v) is 3.17. The predicted octanol–water partition coefficient (Wildman–Crippen LogP) is 2.23. The van der Waals surface area contributed by atoms with E-state index >= 15 is 0 Å². The molecule has 7 heteroatoms. The van der Waals surface area contributed by atoms with Gasteiger partial charge in [-0.05, 0) is 23.6 Å². The van der Waals surface area contributed by atoms with Crippen LogP contribution in [0, 0.1) is 5.41 Å². The molecule has 0 fully saturated rings. The van der Waals surface area contributed by atoms with Gasteiger partial charge in [0.05, 0.1) is 0 Å². The van der Waals surface area contributed by atoms with Crippen LogP contribution in [0.1, 0.15) is 32.4 Å². The molecule has 3 atom stereocenters. The van der Waals surface area contributed by atoms with Crippen molar-refractivity contribution in [3.05, 3.63) is 40.9 Å². The zero-order valence-corrected chi connectivity index (χ0v) is 14.1. The van der Waals surface area contributed by atoms with E-state index in [9.17, 15) is 10.2 Å². The monoisotopic (exact) mass is 367 g/mol. The van der Waals surface area contributed by atoms with Crippen molar-refractivity contribution in [2.24, 2.45) is 5.41 Å². The number of halogens is 1. The Hall–Kier alpha value is -1.44. The van der Waals surface area contributed by atoms with Crippen LogP contribution in [0.2, 0.25) is 0 Å². The molecule has 0 saturated heterocycles. The first-order valence-corrected chi connectivity index (χ1v) is 7.76. The molecule has 118 valence electrons. The zero-order chi connectivity index (χ0) is 16.1. The van der Waals surface area contributed by atoms with Crippen molar-refractivity contribution in [2.75, 3.05) is 0 Å². The lowest BCUT2D eigenvalue weighted by Crippen LogP contribution is -2.56. The molecule has 3 rings (SSSR count). The maximum absolute atomic E-state index is 10.9. The number of aliphatic hydroxyl groups excluding tert-OH is 2. The van der Waals surface area contributed by atoms with E-state index in [2.05, 4.69) is 26.0 Å². The molecule has 1 aliphatic rings. The molecule has 22 heavy (non-hydrogen) atoms. The molecule has 2 heterocycles. The van der Waals surface area contributed by atoms with Crippen molar-refractivity contribution in [2.45, 2.75) is 38.7 Å². The van der Waals surface area contributed by atoms with Crippen LogP contribution in [-0.4, -0.2) is 31.1 Å². The van der Waals surface area contributed by atoms with Gasteiger partial charge in [-0.15, -0.1) is 0 Å². The first-order chi connectivity index (χ1) is 10.3. The average molecular weight is 368 g/mol. The van der Waals surface area contributed by atoms with Crippen LogP contribution in [0.25, 0.3) is 0 Å². The highest BCUT2D eigenvalue weighted by Gasteiger charge is 2.58. The van der Waals surface area contributed by atoms with Gasteiger partial charge >= 0.3 is 0 Å². The first kappa shape index (κ1) is 15.5. The van der Waals surface area contributed by atoms with Crippen molar-refractivity contribution < 1.29 is 14.9 Å². The Balaban J connectivity index is 2.18. The maximum atomic E-state index is 10.9. The Morgan fingerprint density at radius 3 is 2.73 bits per heavy atom. The average Bonchev–Trinajstić information content (AvgIpc) is 3.05. The Morgan fingerprint density at radius 1 is 1.41 bits per heavy atom. The maximum Gasteiger partial charge on any atom is 0.259 e. The summed E-state index contributed by atoms with van der Waals surface area (Å²) in [6.45, 7) is 5.64. The smallest absolute Gasteiger partial charge is 0.259 e. The number of aliphatic hydroxyl groups is 2. The van der Waals surface area contributed by atoms with Crippen LogP contribution in [0.3, 0.4) is 0 Å². The van der Waals surface area contributed by atoms with E-state index in [4.69, 9.17) is 4.74 Å². The molecule has 2 N–H and O–H groups in total. The molecule has 0 saturated carbocycles. The normalized spacial score (nSPS) is 25.6. The third kappa shape index (κ3) is 2.15. The first-order valence-electron chi connectivity index (χ1n) is 6.96. The summed E-state index contributed by atoms with van der Waals surface area (Å²) in [4.78, 5) is 3.93. The molecular weight excluding hydrogens is 350 g/mol. The third-order valence-corrected chi connectivity index (χ3v) is 4.41. The van der Waals surface area contributed by atoms with Gasteiger partial charge in [-0.3, -0.25) is 0 Å². The highest BCUT2D eigenvalue weighted by atomic mass is 79.9. The fraction of sp³-hybridized carbons (Fsp3) is 0.467. The fourth-order valence-electron chi connectivity index (χ4n) is 2.79. The van der Waals surface area contributed by atoms with E-state index in [1.807, 2.05) is 26.8 Å². The van der Waals surface area contributed by atoms with Gasteiger partial charge in [-0.1, -0.05) is 36.7 Å². The second kappa shape index (κ2) is 5.04. The molecule has 0 aliphatic carbocycles. The number of aromatic nitrogens is 3. The van der Waals surface area contributed by atoms with E-state index in [1.54, 1.807) is 12.1 Å². The SMILES string of the molecule is CC(C)(C)[C@H](O)[C@@]1(n2cncn2)Oc2ccc(Br)cc2[C@@H]1O. The lowest BCUT2D eigenvalue weighted by atomic mass is 9.80. The number of benzene rings is 1. The lowest BCUT2D eigenvalue weighted by molar-refractivity contribution is -0.202. The summed E-state index contributed by atoms with van der Waals surface area (Å²) in [7, 11) is 0. The van der Waals surface area contributed by atoms with Gasteiger partial charge in [-0.25, -0.2) is 9.67 Å². The number of ether oxygens (including phenoxy) is 1. The molecule has 0 bridgehead atoms. The summed E-state index contributed by atoms with van der Waals surface area (Å²) in [5.74, 6) is 0.523. The van der Waals surface area contributed by atoms with Crippen molar-refractivity contribution in [1.29, 1.82) is 0 Å². The topological polar surface area (TPSA) is 80.4 Å². The summed E-state index contributed by atoms with van der Waals surface area (Å²) in [6.07, 6.45) is 0.712. The molecule has 0 unspecified atom stereocenters. The minimum absolute atomic E-state index is 0.523. The molecule has 1 aliphatic heterocycles. The summed E-state index contributed by atoms with van der Waals surface area (Å²) in [6, 6.07) is 5.37. The van der Waals surface area contributed by atoms with Crippen molar-refractivity contribution in [3.63, 3.8) is 0 Å². The summed E-state index contributed by atoms with van der Waals surface area (Å²) >= 11 is 3.39. The second-order valence-corrected chi connectivity index (χ2v) is 7.46.